The largest absolute Gasteiger partial charge is 0.348 e. The van der Waals surface area contributed by atoms with E-state index in [1.54, 1.807) is 19.0 Å². The fourth-order valence-corrected chi connectivity index (χ4v) is 1.58. The number of amides is 1. The predicted molar refractivity (Wildman–Crippen MR) is 54.4 cm³/mol. The summed E-state index contributed by atoms with van der Waals surface area (Å²) in [6.45, 7) is 0.504. The van der Waals surface area contributed by atoms with Crippen molar-refractivity contribution >= 4 is 22.9 Å². The summed E-state index contributed by atoms with van der Waals surface area (Å²) in [6.07, 6.45) is 3.10. The average Bonchev–Trinajstić information content (AvgIpc) is 1.86. The fourth-order valence-electron chi connectivity index (χ4n) is 1.58. The molecule has 0 heterocycles. The van der Waals surface area contributed by atoms with E-state index in [1.807, 2.05) is 0 Å². The number of nitrogens with two attached hydrogens (primary N) is 1. The molecule has 0 unspecified atom stereocenters. The maximum Gasteiger partial charge on any atom is 0.229 e. The summed E-state index contributed by atoms with van der Waals surface area (Å²) in [6, 6.07) is 0. The lowest BCUT2D eigenvalue weighted by Crippen LogP contribution is -2.49. The molecule has 72 valence electrons. The molecule has 0 spiro atoms. The van der Waals surface area contributed by atoms with Crippen molar-refractivity contribution in [2.75, 3.05) is 20.6 Å². The zero-order valence-electron chi connectivity index (χ0n) is 7.67. The number of halogens is 1. The second kappa shape index (κ2) is 4.23. The van der Waals surface area contributed by atoms with Crippen molar-refractivity contribution in [3.05, 3.63) is 0 Å². The second-order valence-corrected chi connectivity index (χ2v) is 3.54. The number of nitrogens with zero attached hydrogens (tertiary/aromatic N) is 1. The maximum atomic E-state index is 11.5. The summed E-state index contributed by atoms with van der Waals surface area (Å²) in [7, 11) is 3.58. The Morgan fingerprint density at radius 3 is 2.08 bits per heavy atom. The molecule has 0 bridgehead atoms. The van der Waals surface area contributed by atoms with Crippen LogP contribution in [-0.4, -0.2) is 31.4 Å². The quantitative estimate of drug-likeness (QED) is 0.771. The van der Waals surface area contributed by atoms with Crippen LogP contribution in [0.15, 0.2) is 0 Å². The molecule has 1 fully saturated rings. The SMILES string of the molecule is Br.CN(C)C(=O)C1(CN)CCC1. The molecule has 3 nitrogen and oxygen atoms in total. The molecule has 0 aliphatic heterocycles. The normalized spacial score (nSPS) is 18.9. The zero-order valence-corrected chi connectivity index (χ0v) is 9.38. The fraction of sp³-hybridized carbons (Fsp3) is 0.875. The highest BCUT2D eigenvalue weighted by molar-refractivity contribution is 8.93. The molecule has 1 rings (SSSR count). The van der Waals surface area contributed by atoms with Crippen molar-refractivity contribution in [3.8, 4) is 0 Å². The molecule has 0 aromatic rings. The molecule has 4 heteroatoms. The summed E-state index contributed by atoms with van der Waals surface area (Å²) in [5.74, 6) is 0.200. The summed E-state index contributed by atoms with van der Waals surface area (Å²) in [5, 5.41) is 0. The van der Waals surface area contributed by atoms with Crippen LogP contribution in [-0.2, 0) is 4.79 Å². The van der Waals surface area contributed by atoms with Gasteiger partial charge in [0.1, 0.15) is 0 Å². The minimum absolute atomic E-state index is 0. The monoisotopic (exact) mass is 236 g/mol. The van der Waals surface area contributed by atoms with Crippen molar-refractivity contribution in [2.45, 2.75) is 19.3 Å². The Kier molecular flexibility index (Phi) is 4.20. The zero-order chi connectivity index (χ0) is 8.48. The van der Waals surface area contributed by atoms with Gasteiger partial charge >= 0.3 is 0 Å². The predicted octanol–water partition coefficient (Wildman–Crippen LogP) is 0.781. The summed E-state index contributed by atoms with van der Waals surface area (Å²) < 4.78 is 0. The van der Waals surface area contributed by atoms with Gasteiger partial charge in [0.2, 0.25) is 5.91 Å². The van der Waals surface area contributed by atoms with E-state index < -0.39 is 0 Å². The Morgan fingerprint density at radius 2 is 2.00 bits per heavy atom. The van der Waals surface area contributed by atoms with Crippen LogP contribution in [0.4, 0.5) is 0 Å². The van der Waals surface area contributed by atoms with Gasteiger partial charge in [0.15, 0.2) is 0 Å². The molecule has 1 amide bonds. The number of hydrogen-bond donors (Lipinski definition) is 1. The second-order valence-electron chi connectivity index (χ2n) is 3.54. The van der Waals surface area contributed by atoms with Crippen molar-refractivity contribution in [1.82, 2.24) is 4.90 Å². The van der Waals surface area contributed by atoms with E-state index in [0.717, 1.165) is 19.3 Å². The molecule has 1 aliphatic carbocycles. The highest BCUT2D eigenvalue weighted by Gasteiger charge is 2.43. The van der Waals surface area contributed by atoms with Gasteiger partial charge in [-0.3, -0.25) is 4.79 Å². The van der Waals surface area contributed by atoms with Crippen LogP contribution in [0.5, 0.6) is 0 Å². The van der Waals surface area contributed by atoms with Gasteiger partial charge in [0.25, 0.3) is 0 Å². The van der Waals surface area contributed by atoms with Crippen LogP contribution in [0.25, 0.3) is 0 Å². The first-order valence-corrected chi connectivity index (χ1v) is 4.04. The van der Waals surface area contributed by atoms with Crippen LogP contribution in [0.2, 0.25) is 0 Å². The molecule has 0 radical (unpaired) electrons. The molecule has 0 atom stereocenters. The van der Waals surface area contributed by atoms with Crippen molar-refractivity contribution in [1.29, 1.82) is 0 Å². The maximum absolute atomic E-state index is 11.5. The Balaban J connectivity index is 0.00000121. The van der Waals surface area contributed by atoms with Crippen LogP contribution in [0, 0.1) is 5.41 Å². The van der Waals surface area contributed by atoms with E-state index in [1.165, 1.54) is 0 Å². The van der Waals surface area contributed by atoms with E-state index in [0.29, 0.717) is 6.54 Å². The van der Waals surface area contributed by atoms with E-state index in [9.17, 15) is 4.79 Å². The van der Waals surface area contributed by atoms with Gasteiger partial charge in [-0.1, -0.05) is 6.42 Å². The summed E-state index contributed by atoms with van der Waals surface area (Å²) >= 11 is 0. The topological polar surface area (TPSA) is 46.3 Å². The number of carbonyl (C=O) groups excluding carboxylic acids is 1. The third-order valence-electron chi connectivity index (χ3n) is 2.56. The molecule has 12 heavy (non-hydrogen) atoms. The molecule has 0 aromatic heterocycles. The molecule has 0 saturated heterocycles. The van der Waals surface area contributed by atoms with Gasteiger partial charge in [-0.25, -0.2) is 0 Å². The number of rotatable bonds is 2. The molecule has 1 saturated carbocycles. The first-order chi connectivity index (χ1) is 5.12. The Labute approximate surface area is 84.1 Å². The van der Waals surface area contributed by atoms with Crippen molar-refractivity contribution in [3.63, 3.8) is 0 Å². The first-order valence-electron chi connectivity index (χ1n) is 4.04. The highest BCUT2D eigenvalue weighted by atomic mass is 79.9. The van der Waals surface area contributed by atoms with Gasteiger partial charge in [0.05, 0.1) is 5.41 Å². The van der Waals surface area contributed by atoms with Crippen LogP contribution in [0.1, 0.15) is 19.3 Å². The van der Waals surface area contributed by atoms with E-state index in [4.69, 9.17) is 5.73 Å². The lowest BCUT2D eigenvalue weighted by molar-refractivity contribution is -0.143. The number of carbonyl (C=O) groups is 1. The van der Waals surface area contributed by atoms with Crippen molar-refractivity contribution < 1.29 is 4.79 Å². The van der Waals surface area contributed by atoms with Gasteiger partial charge in [-0.05, 0) is 12.8 Å². The first kappa shape index (κ1) is 11.9. The molecule has 2 N–H and O–H groups in total. The number of hydrogen-bond acceptors (Lipinski definition) is 2. The Hall–Kier alpha value is -0.0900. The summed E-state index contributed by atoms with van der Waals surface area (Å²) in [5.41, 5.74) is 5.37. The van der Waals surface area contributed by atoms with E-state index in [2.05, 4.69) is 0 Å². The molecular formula is C8H17BrN2O. The third kappa shape index (κ3) is 1.80. The lowest BCUT2D eigenvalue weighted by Gasteiger charge is -2.40. The molecular weight excluding hydrogens is 220 g/mol. The van der Waals surface area contributed by atoms with Crippen LogP contribution < -0.4 is 5.73 Å². The smallest absolute Gasteiger partial charge is 0.229 e. The minimum atomic E-state index is -0.191. The van der Waals surface area contributed by atoms with Crippen LogP contribution >= 0.6 is 17.0 Å². The third-order valence-corrected chi connectivity index (χ3v) is 2.56. The average molecular weight is 237 g/mol. The lowest BCUT2D eigenvalue weighted by atomic mass is 9.68. The standard InChI is InChI=1S/C8H16N2O.BrH/c1-10(2)7(11)8(6-9)4-3-5-8;/h3-6,9H2,1-2H3;1H. The van der Waals surface area contributed by atoms with E-state index in [-0.39, 0.29) is 28.3 Å². The van der Waals surface area contributed by atoms with Crippen LogP contribution in [0.3, 0.4) is 0 Å². The Bertz CT molecular complexity index is 161. The Morgan fingerprint density at radius 1 is 1.50 bits per heavy atom. The van der Waals surface area contributed by atoms with Crippen molar-refractivity contribution in [2.24, 2.45) is 11.1 Å². The molecule has 0 aromatic carbocycles. The minimum Gasteiger partial charge on any atom is -0.348 e. The van der Waals surface area contributed by atoms with Gasteiger partial charge in [0, 0.05) is 20.6 Å². The van der Waals surface area contributed by atoms with Gasteiger partial charge in [-0.2, -0.15) is 0 Å². The van der Waals surface area contributed by atoms with Gasteiger partial charge < -0.3 is 10.6 Å². The molecule has 1 aliphatic rings. The van der Waals surface area contributed by atoms with Gasteiger partial charge in [-0.15, -0.1) is 17.0 Å². The van der Waals surface area contributed by atoms with E-state index >= 15 is 0 Å². The summed E-state index contributed by atoms with van der Waals surface area (Å²) in [4.78, 5) is 13.2. The highest BCUT2D eigenvalue weighted by Crippen LogP contribution is 2.40.